The molecule has 0 aliphatic heterocycles. The SMILES string of the molecule is CCCNc1ncnc(OCCOCCC)c1Br. The molecule has 0 aliphatic carbocycles. The van der Waals surface area contributed by atoms with Crippen LogP contribution in [0.5, 0.6) is 5.88 Å². The van der Waals surface area contributed by atoms with E-state index < -0.39 is 0 Å². The molecule has 1 aromatic heterocycles. The van der Waals surface area contributed by atoms with Crippen LogP contribution in [0.3, 0.4) is 0 Å². The zero-order valence-electron chi connectivity index (χ0n) is 10.9. The summed E-state index contributed by atoms with van der Waals surface area (Å²) < 4.78 is 11.6. The van der Waals surface area contributed by atoms with Crippen LogP contribution in [-0.2, 0) is 4.74 Å². The lowest BCUT2D eigenvalue weighted by molar-refractivity contribution is 0.0987. The number of anilines is 1. The number of halogens is 1. The van der Waals surface area contributed by atoms with E-state index in [1.165, 1.54) is 6.33 Å². The Morgan fingerprint density at radius 1 is 1.17 bits per heavy atom. The van der Waals surface area contributed by atoms with Crippen LogP contribution in [0.2, 0.25) is 0 Å². The molecular formula is C12H20BrN3O2. The molecule has 1 aromatic rings. The fourth-order valence-corrected chi connectivity index (χ4v) is 1.72. The summed E-state index contributed by atoms with van der Waals surface area (Å²) in [6.45, 7) is 6.87. The number of hydrogen-bond donors (Lipinski definition) is 1. The minimum atomic E-state index is 0.489. The van der Waals surface area contributed by atoms with Crippen LogP contribution >= 0.6 is 15.9 Å². The van der Waals surface area contributed by atoms with Crippen LogP contribution in [0, 0.1) is 0 Å². The molecule has 1 rings (SSSR count). The molecule has 102 valence electrons. The van der Waals surface area contributed by atoms with Crippen molar-refractivity contribution in [3.63, 3.8) is 0 Å². The van der Waals surface area contributed by atoms with Crippen LogP contribution in [-0.4, -0.2) is 36.3 Å². The first-order valence-electron chi connectivity index (χ1n) is 6.24. The van der Waals surface area contributed by atoms with E-state index in [0.29, 0.717) is 19.1 Å². The van der Waals surface area contributed by atoms with E-state index in [0.717, 1.165) is 36.3 Å². The lowest BCUT2D eigenvalue weighted by Gasteiger charge is -2.10. The van der Waals surface area contributed by atoms with Crippen LogP contribution < -0.4 is 10.1 Å². The van der Waals surface area contributed by atoms with Crippen molar-refractivity contribution in [2.45, 2.75) is 26.7 Å². The summed E-state index contributed by atoms with van der Waals surface area (Å²) >= 11 is 3.44. The Bertz CT molecular complexity index is 350. The van der Waals surface area contributed by atoms with Crippen LogP contribution in [0.25, 0.3) is 0 Å². The van der Waals surface area contributed by atoms with Gasteiger partial charge < -0.3 is 14.8 Å². The zero-order chi connectivity index (χ0) is 13.2. The summed E-state index contributed by atoms with van der Waals surface area (Å²) in [5.74, 6) is 1.31. The Kier molecular flexibility index (Phi) is 7.68. The average Bonchev–Trinajstić information content (AvgIpc) is 2.39. The standard InChI is InChI=1S/C12H20BrN3O2/c1-3-5-14-11-10(13)12(16-9-15-11)18-8-7-17-6-4-2/h9H,3-8H2,1-2H3,(H,14,15,16). The maximum Gasteiger partial charge on any atom is 0.233 e. The third-order valence-electron chi connectivity index (χ3n) is 2.11. The third kappa shape index (κ3) is 5.18. The van der Waals surface area contributed by atoms with Crippen LogP contribution in [0.4, 0.5) is 5.82 Å². The van der Waals surface area contributed by atoms with Gasteiger partial charge in [0, 0.05) is 13.2 Å². The van der Waals surface area contributed by atoms with Gasteiger partial charge in [0.25, 0.3) is 0 Å². The highest BCUT2D eigenvalue weighted by atomic mass is 79.9. The molecular weight excluding hydrogens is 298 g/mol. The van der Waals surface area contributed by atoms with E-state index in [2.05, 4.69) is 45.1 Å². The van der Waals surface area contributed by atoms with Gasteiger partial charge in [0.1, 0.15) is 23.2 Å². The van der Waals surface area contributed by atoms with Crippen molar-refractivity contribution in [1.82, 2.24) is 9.97 Å². The molecule has 0 atom stereocenters. The molecule has 1 heterocycles. The van der Waals surface area contributed by atoms with Gasteiger partial charge in [-0.15, -0.1) is 0 Å². The first kappa shape index (κ1) is 15.2. The van der Waals surface area contributed by atoms with Gasteiger partial charge in [-0.1, -0.05) is 13.8 Å². The second-order valence-corrected chi connectivity index (χ2v) is 4.52. The topological polar surface area (TPSA) is 56.3 Å². The van der Waals surface area contributed by atoms with E-state index in [9.17, 15) is 0 Å². The van der Waals surface area contributed by atoms with Crippen molar-refractivity contribution < 1.29 is 9.47 Å². The van der Waals surface area contributed by atoms with E-state index in [4.69, 9.17) is 9.47 Å². The predicted octanol–water partition coefficient (Wildman–Crippen LogP) is 2.87. The van der Waals surface area contributed by atoms with Crippen molar-refractivity contribution in [3.05, 3.63) is 10.8 Å². The Hall–Kier alpha value is -0.880. The molecule has 5 nitrogen and oxygen atoms in total. The molecule has 0 saturated heterocycles. The smallest absolute Gasteiger partial charge is 0.233 e. The summed E-state index contributed by atoms with van der Waals surface area (Å²) in [6, 6.07) is 0. The molecule has 18 heavy (non-hydrogen) atoms. The molecule has 0 spiro atoms. The Balaban J connectivity index is 2.44. The molecule has 0 aliphatic rings. The fourth-order valence-electron chi connectivity index (χ4n) is 1.26. The van der Waals surface area contributed by atoms with Gasteiger partial charge in [0.15, 0.2) is 0 Å². The zero-order valence-corrected chi connectivity index (χ0v) is 12.5. The van der Waals surface area contributed by atoms with Crippen molar-refractivity contribution in [3.8, 4) is 5.88 Å². The maximum atomic E-state index is 5.54. The average molecular weight is 318 g/mol. The minimum absolute atomic E-state index is 0.489. The van der Waals surface area contributed by atoms with E-state index in [-0.39, 0.29) is 0 Å². The Morgan fingerprint density at radius 2 is 2.00 bits per heavy atom. The summed E-state index contributed by atoms with van der Waals surface area (Å²) in [6.07, 6.45) is 3.55. The number of hydrogen-bond acceptors (Lipinski definition) is 5. The lowest BCUT2D eigenvalue weighted by Crippen LogP contribution is -2.10. The van der Waals surface area contributed by atoms with Gasteiger partial charge in [-0.25, -0.2) is 9.97 Å². The van der Waals surface area contributed by atoms with Gasteiger partial charge >= 0.3 is 0 Å². The van der Waals surface area contributed by atoms with E-state index in [1.54, 1.807) is 0 Å². The summed E-state index contributed by atoms with van der Waals surface area (Å²) in [5, 5.41) is 3.20. The maximum absolute atomic E-state index is 5.54. The van der Waals surface area contributed by atoms with Crippen LogP contribution in [0.15, 0.2) is 10.8 Å². The molecule has 0 unspecified atom stereocenters. The molecule has 0 fully saturated rings. The largest absolute Gasteiger partial charge is 0.474 e. The fraction of sp³-hybridized carbons (Fsp3) is 0.667. The van der Waals surface area contributed by atoms with Gasteiger partial charge in [-0.05, 0) is 28.8 Å². The molecule has 6 heteroatoms. The highest BCUT2D eigenvalue weighted by Crippen LogP contribution is 2.28. The van der Waals surface area contributed by atoms with Gasteiger partial charge in [-0.3, -0.25) is 0 Å². The van der Waals surface area contributed by atoms with E-state index in [1.807, 2.05) is 0 Å². The van der Waals surface area contributed by atoms with E-state index >= 15 is 0 Å². The summed E-state index contributed by atoms with van der Waals surface area (Å²) in [4.78, 5) is 8.24. The quantitative estimate of drug-likeness (QED) is 0.710. The highest BCUT2D eigenvalue weighted by Gasteiger charge is 2.09. The first-order chi connectivity index (χ1) is 8.79. The third-order valence-corrected chi connectivity index (χ3v) is 2.83. The van der Waals surface area contributed by atoms with Gasteiger partial charge in [0.05, 0.1) is 6.61 Å². The molecule has 0 radical (unpaired) electrons. The van der Waals surface area contributed by atoms with Crippen molar-refractivity contribution >= 4 is 21.7 Å². The van der Waals surface area contributed by atoms with Crippen molar-refractivity contribution in [1.29, 1.82) is 0 Å². The number of aromatic nitrogens is 2. The predicted molar refractivity (Wildman–Crippen MR) is 75.1 cm³/mol. The molecule has 0 bridgehead atoms. The normalized spacial score (nSPS) is 10.4. The molecule has 0 saturated carbocycles. The summed E-state index contributed by atoms with van der Waals surface area (Å²) in [7, 11) is 0. The van der Waals surface area contributed by atoms with Gasteiger partial charge in [-0.2, -0.15) is 0 Å². The minimum Gasteiger partial charge on any atom is -0.474 e. The van der Waals surface area contributed by atoms with Crippen LogP contribution in [0.1, 0.15) is 26.7 Å². The number of ether oxygens (including phenoxy) is 2. The molecule has 0 aromatic carbocycles. The monoisotopic (exact) mass is 317 g/mol. The lowest BCUT2D eigenvalue weighted by atomic mass is 10.4. The molecule has 0 amide bonds. The second kappa shape index (κ2) is 9.10. The Labute approximate surface area is 116 Å². The second-order valence-electron chi connectivity index (χ2n) is 3.73. The highest BCUT2D eigenvalue weighted by molar-refractivity contribution is 9.10. The molecule has 1 N–H and O–H groups in total. The van der Waals surface area contributed by atoms with Crippen molar-refractivity contribution in [2.24, 2.45) is 0 Å². The number of nitrogens with one attached hydrogen (secondary N) is 1. The van der Waals surface area contributed by atoms with Crippen molar-refractivity contribution in [2.75, 3.05) is 31.7 Å². The Morgan fingerprint density at radius 3 is 2.72 bits per heavy atom. The van der Waals surface area contributed by atoms with Gasteiger partial charge in [0.2, 0.25) is 5.88 Å². The number of nitrogens with zero attached hydrogens (tertiary/aromatic N) is 2. The number of rotatable bonds is 9. The first-order valence-corrected chi connectivity index (χ1v) is 7.03. The summed E-state index contributed by atoms with van der Waals surface area (Å²) in [5.41, 5.74) is 0.